The summed E-state index contributed by atoms with van der Waals surface area (Å²) in [5, 5.41) is 0. The molecule has 0 N–H and O–H groups in total. The molecule has 0 atom stereocenters. The molecule has 0 amide bonds. The van der Waals surface area contributed by atoms with E-state index in [2.05, 4.69) is 55.9 Å². The molecule has 0 spiro atoms. The van der Waals surface area contributed by atoms with Crippen molar-refractivity contribution in [1.82, 2.24) is 4.57 Å². The summed E-state index contributed by atoms with van der Waals surface area (Å²) in [4.78, 5) is 1.02. The molecule has 2 aromatic rings. The second kappa shape index (κ2) is 3.64. The number of benzene rings is 1. The number of aryl methyl sites for hydroxylation is 1. The summed E-state index contributed by atoms with van der Waals surface area (Å²) in [6.45, 7) is 3.08. The van der Waals surface area contributed by atoms with Gasteiger partial charge in [-0.15, -0.1) is 0 Å². The van der Waals surface area contributed by atoms with Gasteiger partial charge in [0, 0.05) is 6.54 Å². The fraction of sp³-hybridized carbons (Fsp3) is 0.222. The third kappa shape index (κ3) is 1.44. The Morgan fingerprint density at radius 1 is 1.46 bits per heavy atom. The Bertz CT molecular complexity index is 484. The van der Waals surface area contributed by atoms with Gasteiger partial charge in [0.15, 0.2) is 4.80 Å². The minimum atomic E-state index is 0.953. The molecule has 2 rings (SSSR count). The monoisotopic (exact) mass is 256 g/mol. The lowest BCUT2D eigenvalue weighted by atomic mass is 10.3. The van der Waals surface area contributed by atoms with E-state index in [4.69, 9.17) is 0 Å². The number of nitrogens with zero attached hydrogens (tertiary/aromatic N) is 2. The summed E-state index contributed by atoms with van der Waals surface area (Å²) >= 11 is 4.84. The third-order valence-electron chi connectivity index (χ3n) is 1.98. The number of hydrogen-bond donors (Lipinski definition) is 0. The van der Waals surface area contributed by atoms with Crippen LogP contribution in [0.3, 0.4) is 0 Å². The van der Waals surface area contributed by atoms with Crippen LogP contribution in [-0.2, 0) is 6.54 Å². The first-order valence-electron chi connectivity index (χ1n) is 4.10. The Morgan fingerprint density at radius 3 is 2.92 bits per heavy atom. The summed E-state index contributed by atoms with van der Waals surface area (Å²) in [6.07, 6.45) is 0. The van der Waals surface area contributed by atoms with E-state index in [0.29, 0.717) is 0 Å². The first-order valence-corrected chi connectivity index (χ1v) is 5.62. The van der Waals surface area contributed by atoms with E-state index < -0.39 is 0 Å². The molecule has 0 saturated carbocycles. The van der Waals surface area contributed by atoms with E-state index in [9.17, 15) is 0 Å². The van der Waals surface area contributed by atoms with Gasteiger partial charge in [-0.1, -0.05) is 23.5 Å². The maximum Gasteiger partial charge on any atom is 0.197 e. The van der Waals surface area contributed by atoms with Crippen LogP contribution in [0.2, 0.25) is 0 Å². The number of hydrogen-bond acceptors (Lipinski definition) is 2. The predicted octanol–water partition coefficient (Wildman–Crippen LogP) is 2.93. The van der Waals surface area contributed by atoms with Crippen LogP contribution in [0.4, 0.5) is 0 Å². The largest absolute Gasteiger partial charge is 0.316 e. The summed E-state index contributed by atoms with van der Waals surface area (Å²) in [7, 11) is 0. The molecular weight excluding hydrogens is 248 g/mol. The minimum Gasteiger partial charge on any atom is -0.316 e. The van der Waals surface area contributed by atoms with E-state index in [1.165, 1.54) is 10.2 Å². The topological polar surface area (TPSA) is 17.3 Å². The average molecular weight is 257 g/mol. The highest BCUT2D eigenvalue weighted by molar-refractivity contribution is 9.08. The number of halogens is 1. The lowest BCUT2D eigenvalue weighted by molar-refractivity contribution is 0.770. The first-order chi connectivity index (χ1) is 6.36. The first kappa shape index (κ1) is 8.97. The number of rotatable bonds is 1. The lowest BCUT2D eigenvalue weighted by Gasteiger charge is -1.97. The van der Waals surface area contributed by atoms with Crippen molar-refractivity contribution in [1.29, 1.82) is 0 Å². The van der Waals surface area contributed by atoms with Crippen molar-refractivity contribution in [2.45, 2.75) is 13.5 Å². The van der Waals surface area contributed by atoms with Gasteiger partial charge in [-0.25, -0.2) is 0 Å². The molecule has 2 nitrogen and oxygen atoms in total. The second-order valence-electron chi connectivity index (χ2n) is 2.68. The smallest absolute Gasteiger partial charge is 0.197 e. The lowest BCUT2D eigenvalue weighted by Crippen LogP contribution is -2.11. The summed E-state index contributed by atoms with van der Waals surface area (Å²) in [5.74, 6) is 0. The average Bonchev–Trinajstić information content (AvgIpc) is 2.55. The van der Waals surface area contributed by atoms with Crippen molar-refractivity contribution >= 4 is 37.7 Å². The molecule has 0 fully saturated rings. The molecule has 0 bridgehead atoms. The SMILES string of the molecule is CCn1c(=NBr)sc2ccccc21. The predicted molar refractivity (Wildman–Crippen MR) is 60.0 cm³/mol. The van der Waals surface area contributed by atoms with Gasteiger partial charge < -0.3 is 4.57 Å². The Labute approximate surface area is 88.9 Å². The van der Waals surface area contributed by atoms with Crippen molar-refractivity contribution in [3.05, 3.63) is 29.1 Å². The fourth-order valence-electron chi connectivity index (χ4n) is 1.39. The maximum atomic E-state index is 4.07. The molecule has 0 aliphatic rings. The molecular formula is C9H9BrN2S. The molecule has 4 heteroatoms. The third-order valence-corrected chi connectivity index (χ3v) is 3.61. The van der Waals surface area contributed by atoms with Crippen LogP contribution in [-0.4, -0.2) is 4.57 Å². The van der Waals surface area contributed by atoms with Gasteiger partial charge in [-0.3, -0.25) is 0 Å². The maximum absolute atomic E-state index is 4.07. The fourth-order valence-corrected chi connectivity index (χ4v) is 2.80. The second-order valence-corrected chi connectivity index (χ2v) is 4.04. The molecule has 1 aromatic heterocycles. The quantitative estimate of drug-likeness (QED) is 0.747. The highest BCUT2D eigenvalue weighted by Gasteiger charge is 2.01. The Morgan fingerprint density at radius 2 is 2.23 bits per heavy atom. The standard InChI is InChI=1S/C9H9BrN2S/c1-2-12-7-5-3-4-6-8(7)13-9(12)11-10/h3-6H,2H2,1H3. The van der Waals surface area contributed by atoms with Crippen LogP contribution in [0.1, 0.15) is 6.92 Å². The number of thiazole rings is 1. The van der Waals surface area contributed by atoms with Crippen molar-refractivity contribution in [2.24, 2.45) is 4.02 Å². The summed E-state index contributed by atoms with van der Waals surface area (Å²) < 4.78 is 7.54. The molecule has 0 aliphatic carbocycles. The van der Waals surface area contributed by atoms with E-state index >= 15 is 0 Å². The molecule has 1 heterocycles. The summed E-state index contributed by atoms with van der Waals surface area (Å²) in [6, 6.07) is 8.35. The van der Waals surface area contributed by atoms with Crippen LogP contribution >= 0.6 is 27.5 Å². The Hall–Kier alpha value is -0.610. The molecule has 68 valence electrons. The van der Waals surface area contributed by atoms with E-state index in [-0.39, 0.29) is 0 Å². The van der Waals surface area contributed by atoms with E-state index in [1.807, 2.05) is 0 Å². The van der Waals surface area contributed by atoms with Gasteiger partial charge in [-0.05, 0) is 19.1 Å². The van der Waals surface area contributed by atoms with Crippen LogP contribution in [0, 0.1) is 0 Å². The molecule has 0 unspecified atom stereocenters. The van der Waals surface area contributed by atoms with Crippen molar-refractivity contribution in [3.8, 4) is 0 Å². The van der Waals surface area contributed by atoms with Crippen LogP contribution in [0.5, 0.6) is 0 Å². The highest BCUT2D eigenvalue weighted by atomic mass is 79.9. The molecule has 0 saturated heterocycles. The number of para-hydroxylation sites is 1. The zero-order valence-electron chi connectivity index (χ0n) is 7.20. The summed E-state index contributed by atoms with van der Waals surface area (Å²) in [5.41, 5.74) is 1.26. The molecule has 0 radical (unpaired) electrons. The molecule has 13 heavy (non-hydrogen) atoms. The highest BCUT2D eigenvalue weighted by Crippen LogP contribution is 2.16. The van der Waals surface area contributed by atoms with E-state index in [1.54, 1.807) is 11.3 Å². The van der Waals surface area contributed by atoms with E-state index in [0.717, 1.165) is 11.3 Å². The van der Waals surface area contributed by atoms with Gasteiger partial charge >= 0.3 is 0 Å². The Balaban J connectivity index is 2.90. The normalized spacial score (nSPS) is 12.6. The van der Waals surface area contributed by atoms with Crippen molar-refractivity contribution in [2.75, 3.05) is 0 Å². The van der Waals surface area contributed by atoms with Gasteiger partial charge in [-0.2, -0.15) is 4.02 Å². The zero-order valence-corrected chi connectivity index (χ0v) is 9.60. The van der Waals surface area contributed by atoms with Gasteiger partial charge in [0.1, 0.15) is 0 Å². The van der Waals surface area contributed by atoms with Crippen LogP contribution < -0.4 is 4.80 Å². The van der Waals surface area contributed by atoms with Crippen LogP contribution in [0.25, 0.3) is 10.2 Å². The van der Waals surface area contributed by atoms with Gasteiger partial charge in [0.2, 0.25) is 0 Å². The zero-order chi connectivity index (χ0) is 9.26. The van der Waals surface area contributed by atoms with Crippen molar-refractivity contribution < 1.29 is 0 Å². The Kier molecular flexibility index (Phi) is 2.51. The van der Waals surface area contributed by atoms with Gasteiger partial charge in [0.05, 0.1) is 26.4 Å². The molecule has 1 aromatic carbocycles. The number of fused-ring (bicyclic) bond motifs is 1. The van der Waals surface area contributed by atoms with Crippen LogP contribution in [0.15, 0.2) is 28.3 Å². The van der Waals surface area contributed by atoms with Crippen molar-refractivity contribution in [3.63, 3.8) is 0 Å². The van der Waals surface area contributed by atoms with Gasteiger partial charge in [0.25, 0.3) is 0 Å². The minimum absolute atomic E-state index is 0.953. The molecule has 0 aliphatic heterocycles. The number of aromatic nitrogens is 1.